The Kier molecular flexibility index (Phi) is 12.6. The number of aryl methyl sites for hydroxylation is 1. The van der Waals surface area contributed by atoms with Gasteiger partial charge in [-0.15, -0.1) is 0 Å². The molecule has 0 fully saturated rings. The van der Waals surface area contributed by atoms with Crippen LogP contribution in [0.5, 0.6) is 5.75 Å². The SMILES string of the molecule is CCCCNC(=O)[C@H](CC)N(Cc1ccc(Cl)cc1Cl)C(=O)CN(c1cc(Cl)ccc1OC)S(=O)(=O)c1ccc(C)cc1. The van der Waals surface area contributed by atoms with E-state index >= 15 is 0 Å². The molecule has 1 N–H and O–H groups in total. The van der Waals surface area contributed by atoms with Crippen LogP contribution >= 0.6 is 34.8 Å². The fraction of sp³-hybridized carbons (Fsp3) is 0.355. The molecule has 1 atom stereocenters. The summed E-state index contributed by atoms with van der Waals surface area (Å²) in [6, 6.07) is 14.8. The van der Waals surface area contributed by atoms with Crippen LogP contribution < -0.4 is 14.4 Å². The smallest absolute Gasteiger partial charge is 0.264 e. The highest BCUT2D eigenvalue weighted by Crippen LogP contribution is 2.35. The number of anilines is 1. The van der Waals surface area contributed by atoms with Gasteiger partial charge in [0, 0.05) is 28.2 Å². The molecule has 0 saturated heterocycles. The summed E-state index contributed by atoms with van der Waals surface area (Å²) in [5.74, 6) is -0.770. The van der Waals surface area contributed by atoms with Gasteiger partial charge in [-0.25, -0.2) is 8.42 Å². The Morgan fingerprint density at radius 1 is 0.953 bits per heavy atom. The average Bonchev–Trinajstić information content (AvgIpc) is 2.97. The van der Waals surface area contributed by atoms with Crippen LogP contribution in [0.3, 0.4) is 0 Å². The van der Waals surface area contributed by atoms with Gasteiger partial charge < -0.3 is 15.0 Å². The van der Waals surface area contributed by atoms with Crippen LogP contribution in [0.25, 0.3) is 0 Å². The summed E-state index contributed by atoms with van der Waals surface area (Å²) in [5.41, 5.74) is 1.49. The molecule has 0 bridgehead atoms. The fourth-order valence-electron chi connectivity index (χ4n) is 4.47. The number of unbranched alkanes of at least 4 members (excludes halogenated alkanes) is 1. The lowest BCUT2D eigenvalue weighted by Crippen LogP contribution is -2.52. The Morgan fingerprint density at radius 2 is 1.60 bits per heavy atom. The molecule has 232 valence electrons. The van der Waals surface area contributed by atoms with Crippen molar-refractivity contribution in [2.45, 2.75) is 57.5 Å². The summed E-state index contributed by atoms with van der Waals surface area (Å²) >= 11 is 18.9. The van der Waals surface area contributed by atoms with Gasteiger partial charge in [-0.2, -0.15) is 0 Å². The zero-order valence-corrected chi connectivity index (χ0v) is 27.7. The molecule has 43 heavy (non-hydrogen) atoms. The second-order valence-electron chi connectivity index (χ2n) is 9.97. The predicted octanol–water partition coefficient (Wildman–Crippen LogP) is 6.88. The van der Waals surface area contributed by atoms with Crippen LogP contribution in [0.15, 0.2) is 65.6 Å². The summed E-state index contributed by atoms with van der Waals surface area (Å²) in [6.07, 6.45) is 1.93. The maximum Gasteiger partial charge on any atom is 0.264 e. The molecule has 0 aromatic heterocycles. The van der Waals surface area contributed by atoms with E-state index < -0.39 is 28.5 Å². The quantitative estimate of drug-likeness (QED) is 0.189. The summed E-state index contributed by atoms with van der Waals surface area (Å²) in [6.45, 7) is 5.39. The monoisotopic (exact) mass is 667 g/mol. The number of amides is 2. The highest BCUT2D eigenvalue weighted by Gasteiger charge is 2.35. The fourth-order valence-corrected chi connectivity index (χ4v) is 6.52. The molecule has 0 radical (unpaired) electrons. The molecule has 0 aliphatic rings. The number of rotatable bonds is 14. The second kappa shape index (κ2) is 15.7. The van der Waals surface area contributed by atoms with Crippen LogP contribution in [-0.4, -0.2) is 51.4 Å². The molecular formula is C31H36Cl3N3O5S. The maximum atomic E-state index is 14.3. The number of nitrogens with one attached hydrogen (secondary N) is 1. The number of carbonyl (C=O) groups is 2. The van der Waals surface area contributed by atoms with E-state index in [0.29, 0.717) is 22.2 Å². The maximum absolute atomic E-state index is 14.3. The standard InChI is InChI=1S/C31H36Cl3N3O5S/c1-5-7-16-35-31(39)27(6-2)36(19-22-10-11-23(32)17-26(22)34)30(38)20-37(28-18-24(33)12-15-29(28)42-4)43(40,41)25-13-8-21(3)9-14-25/h8-15,17-18,27H,5-7,16,19-20H2,1-4H3,(H,35,39)/t27-/m0/s1. The largest absolute Gasteiger partial charge is 0.495 e. The van der Waals surface area contributed by atoms with Gasteiger partial charge in [-0.05, 0) is 67.8 Å². The zero-order valence-electron chi connectivity index (χ0n) is 24.6. The van der Waals surface area contributed by atoms with Gasteiger partial charge in [-0.3, -0.25) is 13.9 Å². The number of sulfonamides is 1. The number of carbonyl (C=O) groups excluding carboxylic acids is 2. The first kappa shape index (κ1) is 34.5. The zero-order chi connectivity index (χ0) is 31.7. The lowest BCUT2D eigenvalue weighted by atomic mass is 10.1. The average molecular weight is 669 g/mol. The van der Waals surface area contributed by atoms with Crippen LogP contribution in [-0.2, 0) is 26.2 Å². The Morgan fingerprint density at radius 3 is 2.21 bits per heavy atom. The van der Waals surface area contributed by atoms with E-state index in [4.69, 9.17) is 39.5 Å². The van der Waals surface area contributed by atoms with Crippen LogP contribution in [0.2, 0.25) is 15.1 Å². The third-order valence-corrected chi connectivity index (χ3v) is 9.46. The van der Waals surface area contributed by atoms with Gasteiger partial charge in [0.05, 0.1) is 17.7 Å². The summed E-state index contributed by atoms with van der Waals surface area (Å²) in [5, 5.41) is 3.87. The lowest BCUT2D eigenvalue weighted by molar-refractivity contribution is -0.140. The minimum absolute atomic E-state index is 0.0235. The Hall–Kier alpha value is -2.98. The van der Waals surface area contributed by atoms with E-state index in [0.717, 1.165) is 22.7 Å². The Labute approximate surface area is 268 Å². The van der Waals surface area contributed by atoms with E-state index in [1.54, 1.807) is 43.3 Å². The molecule has 3 aromatic rings. The molecule has 3 rings (SSSR count). The van der Waals surface area contributed by atoms with Crippen molar-refractivity contribution in [2.75, 3.05) is 24.5 Å². The third kappa shape index (κ3) is 8.79. The minimum atomic E-state index is -4.30. The van der Waals surface area contributed by atoms with Crippen LogP contribution in [0, 0.1) is 6.92 Å². The summed E-state index contributed by atoms with van der Waals surface area (Å²) in [4.78, 5) is 28.9. The molecule has 3 aromatic carbocycles. The number of ether oxygens (including phenoxy) is 1. The van der Waals surface area contributed by atoms with E-state index in [9.17, 15) is 18.0 Å². The molecule has 2 amide bonds. The molecule has 0 spiro atoms. The minimum Gasteiger partial charge on any atom is -0.495 e. The molecule has 0 unspecified atom stereocenters. The predicted molar refractivity (Wildman–Crippen MR) is 173 cm³/mol. The van der Waals surface area contributed by atoms with E-state index in [2.05, 4.69) is 5.32 Å². The van der Waals surface area contributed by atoms with Gasteiger partial charge >= 0.3 is 0 Å². The van der Waals surface area contributed by atoms with Crippen molar-refractivity contribution in [1.82, 2.24) is 10.2 Å². The van der Waals surface area contributed by atoms with E-state index in [1.807, 2.05) is 13.8 Å². The van der Waals surface area contributed by atoms with Crippen molar-refractivity contribution in [3.8, 4) is 5.75 Å². The van der Waals surface area contributed by atoms with Crippen molar-refractivity contribution < 1.29 is 22.7 Å². The van der Waals surface area contributed by atoms with Gasteiger partial charge in [0.15, 0.2) is 0 Å². The van der Waals surface area contributed by atoms with Crippen LogP contribution in [0.4, 0.5) is 5.69 Å². The van der Waals surface area contributed by atoms with Crippen molar-refractivity contribution in [3.05, 3.63) is 86.9 Å². The van der Waals surface area contributed by atoms with E-state index in [1.165, 1.54) is 36.3 Å². The van der Waals surface area contributed by atoms with Gasteiger partial charge in [0.2, 0.25) is 11.8 Å². The van der Waals surface area contributed by atoms with Gasteiger partial charge in [0.1, 0.15) is 18.3 Å². The Balaban J connectivity index is 2.13. The molecule has 0 saturated carbocycles. The van der Waals surface area contributed by atoms with Crippen molar-refractivity contribution in [1.29, 1.82) is 0 Å². The topological polar surface area (TPSA) is 96.0 Å². The molecule has 0 aliphatic carbocycles. The van der Waals surface area contributed by atoms with Crippen molar-refractivity contribution >= 4 is 62.3 Å². The molecule has 0 heterocycles. The second-order valence-corrected chi connectivity index (χ2v) is 13.1. The number of halogens is 3. The molecule has 0 aliphatic heterocycles. The van der Waals surface area contributed by atoms with Crippen LogP contribution in [0.1, 0.15) is 44.2 Å². The Bertz CT molecular complexity index is 1530. The summed E-state index contributed by atoms with van der Waals surface area (Å²) in [7, 11) is -2.91. The first-order valence-corrected chi connectivity index (χ1v) is 16.4. The molecule has 12 heteroatoms. The van der Waals surface area contributed by atoms with Crippen molar-refractivity contribution in [2.24, 2.45) is 0 Å². The highest BCUT2D eigenvalue weighted by molar-refractivity contribution is 7.92. The number of benzene rings is 3. The first-order chi connectivity index (χ1) is 20.4. The molecule has 8 nitrogen and oxygen atoms in total. The number of methoxy groups -OCH3 is 1. The third-order valence-electron chi connectivity index (χ3n) is 6.87. The van der Waals surface area contributed by atoms with Crippen molar-refractivity contribution in [3.63, 3.8) is 0 Å². The lowest BCUT2D eigenvalue weighted by Gasteiger charge is -2.33. The van der Waals surface area contributed by atoms with E-state index in [-0.39, 0.29) is 40.2 Å². The number of hydrogen-bond donors (Lipinski definition) is 1. The first-order valence-electron chi connectivity index (χ1n) is 13.9. The number of nitrogens with zero attached hydrogens (tertiary/aromatic N) is 2. The molecular weight excluding hydrogens is 633 g/mol. The van der Waals surface area contributed by atoms with Gasteiger partial charge in [0.25, 0.3) is 10.0 Å². The normalized spacial score (nSPS) is 12.0. The van der Waals surface area contributed by atoms with Gasteiger partial charge in [-0.1, -0.05) is 78.8 Å². The number of hydrogen-bond acceptors (Lipinski definition) is 5. The summed E-state index contributed by atoms with van der Waals surface area (Å²) < 4.78 is 34.7. The highest BCUT2D eigenvalue weighted by atomic mass is 35.5.